The second kappa shape index (κ2) is 9.80. The van der Waals surface area contributed by atoms with Gasteiger partial charge in [-0.05, 0) is 37.1 Å². The third-order valence-corrected chi connectivity index (χ3v) is 4.77. The van der Waals surface area contributed by atoms with Gasteiger partial charge >= 0.3 is 18.0 Å². The van der Waals surface area contributed by atoms with E-state index in [4.69, 9.17) is 14.2 Å². The predicted octanol–water partition coefficient (Wildman–Crippen LogP) is 3.03. The highest BCUT2D eigenvalue weighted by molar-refractivity contribution is 5.95. The number of ether oxygens (including phenoxy) is 3. The number of benzene rings is 2. The summed E-state index contributed by atoms with van der Waals surface area (Å²) in [6.07, 6.45) is 0. The van der Waals surface area contributed by atoms with E-state index in [1.165, 1.54) is 7.11 Å². The Morgan fingerprint density at radius 2 is 1.77 bits per heavy atom. The van der Waals surface area contributed by atoms with Crippen LogP contribution in [0.2, 0.25) is 0 Å². The smallest absolute Gasteiger partial charge is 0.338 e. The van der Waals surface area contributed by atoms with Gasteiger partial charge in [-0.25, -0.2) is 14.4 Å². The second-order valence-electron chi connectivity index (χ2n) is 6.82. The summed E-state index contributed by atoms with van der Waals surface area (Å²) < 4.78 is 15.8. The molecule has 0 radical (unpaired) electrons. The lowest BCUT2D eigenvalue weighted by Gasteiger charge is -2.29. The summed E-state index contributed by atoms with van der Waals surface area (Å²) in [5, 5.41) is 5.30. The number of carbonyl (C=O) groups excluding carboxylic acids is 3. The van der Waals surface area contributed by atoms with E-state index in [0.29, 0.717) is 16.9 Å². The number of nitrogens with one attached hydrogen (secondary N) is 2. The molecule has 0 fully saturated rings. The van der Waals surface area contributed by atoms with E-state index in [0.717, 1.165) is 5.56 Å². The Bertz CT molecular complexity index is 1020. The molecule has 2 N–H and O–H groups in total. The number of hydrogen-bond donors (Lipinski definition) is 2. The van der Waals surface area contributed by atoms with E-state index < -0.39 is 24.0 Å². The number of rotatable bonds is 7. The Kier molecular flexibility index (Phi) is 6.92. The molecule has 1 atom stereocenters. The van der Waals surface area contributed by atoms with Gasteiger partial charge in [0.05, 0.1) is 36.6 Å². The number of urea groups is 1. The van der Waals surface area contributed by atoms with Gasteiger partial charge in [-0.1, -0.05) is 36.4 Å². The molecule has 0 bridgehead atoms. The predicted molar refractivity (Wildman–Crippen MR) is 113 cm³/mol. The van der Waals surface area contributed by atoms with Gasteiger partial charge in [-0.3, -0.25) is 0 Å². The summed E-state index contributed by atoms with van der Waals surface area (Å²) in [6, 6.07) is 12.7. The largest absolute Gasteiger partial charge is 0.496 e. The third-order valence-electron chi connectivity index (χ3n) is 4.77. The summed E-state index contributed by atoms with van der Waals surface area (Å²) in [6.45, 7) is 3.40. The Morgan fingerprint density at radius 1 is 1.03 bits per heavy atom. The second-order valence-corrected chi connectivity index (χ2v) is 6.82. The lowest BCUT2D eigenvalue weighted by molar-refractivity contribution is -0.139. The van der Waals surface area contributed by atoms with Gasteiger partial charge < -0.3 is 24.8 Å². The molecule has 0 saturated carbocycles. The van der Waals surface area contributed by atoms with Gasteiger partial charge in [0, 0.05) is 0 Å². The van der Waals surface area contributed by atoms with E-state index in [1.807, 2.05) is 13.0 Å². The van der Waals surface area contributed by atoms with Crippen molar-refractivity contribution in [3.63, 3.8) is 0 Å². The molecule has 1 aliphatic rings. The average molecular weight is 424 g/mol. The molecule has 8 nitrogen and oxygen atoms in total. The topological polar surface area (TPSA) is 103 Å². The molecule has 0 saturated heterocycles. The molecule has 31 heavy (non-hydrogen) atoms. The number of esters is 2. The Labute approximate surface area is 180 Å². The van der Waals surface area contributed by atoms with E-state index >= 15 is 0 Å². The summed E-state index contributed by atoms with van der Waals surface area (Å²) in [5.41, 5.74) is 2.22. The van der Waals surface area contributed by atoms with Gasteiger partial charge in [-0.2, -0.15) is 0 Å². The molecule has 8 heteroatoms. The van der Waals surface area contributed by atoms with Crippen LogP contribution in [0.3, 0.4) is 0 Å². The molecule has 2 aromatic rings. The van der Waals surface area contributed by atoms with Crippen LogP contribution in [-0.4, -0.2) is 38.3 Å². The molecule has 0 aliphatic carbocycles. The van der Waals surface area contributed by atoms with E-state index in [2.05, 4.69) is 10.6 Å². The Morgan fingerprint density at radius 3 is 2.45 bits per heavy atom. The minimum atomic E-state index is -0.734. The van der Waals surface area contributed by atoms with Crippen molar-refractivity contribution in [3.05, 3.63) is 76.5 Å². The maximum atomic E-state index is 12.7. The fraction of sp³-hybridized carbons (Fsp3) is 0.261. The van der Waals surface area contributed by atoms with Crippen LogP contribution in [0.25, 0.3) is 0 Å². The summed E-state index contributed by atoms with van der Waals surface area (Å²) in [7, 11) is 1.52. The number of methoxy groups -OCH3 is 1. The van der Waals surface area contributed by atoms with Crippen LogP contribution < -0.4 is 15.4 Å². The first-order valence-corrected chi connectivity index (χ1v) is 9.79. The zero-order valence-corrected chi connectivity index (χ0v) is 17.6. The summed E-state index contributed by atoms with van der Waals surface area (Å²) in [5.74, 6) is -0.662. The first-order chi connectivity index (χ1) is 14.9. The van der Waals surface area contributed by atoms with Crippen molar-refractivity contribution in [2.24, 2.45) is 0 Å². The molecule has 1 heterocycles. The molecule has 2 aromatic carbocycles. The van der Waals surface area contributed by atoms with Crippen molar-refractivity contribution in [1.82, 2.24) is 10.6 Å². The SMILES string of the molecule is CCOC(=O)C1=C(COC(=O)c2ccc(C)c(OC)c2)NC(=O)NC1c1ccccc1. The monoisotopic (exact) mass is 424 g/mol. The maximum absolute atomic E-state index is 12.7. The normalized spacial score (nSPS) is 15.6. The van der Waals surface area contributed by atoms with Crippen LogP contribution in [0, 0.1) is 6.92 Å². The van der Waals surface area contributed by atoms with Crippen LogP contribution in [-0.2, 0) is 14.3 Å². The quantitative estimate of drug-likeness (QED) is 0.663. The lowest BCUT2D eigenvalue weighted by Crippen LogP contribution is -2.47. The highest BCUT2D eigenvalue weighted by atomic mass is 16.5. The number of hydrogen-bond acceptors (Lipinski definition) is 6. The van der Waals surface area contributed by atoms with Crippen molar-refractivity contribution in [3.8, 4) is 5.75 Å². The van der Waals surface area contributed by atoms with E-state index in [-0.39, 0.29) is 24.5 Å². The standard InChI is InChI=1S/C23H24N2O6/c1-4-30-22(27)19-17(24-23(28)25-20(19)15-8-6-5-7-9-15)13-31-21(26)16-11-10-14(2)18(12-16)29-3/h5-12,20H,4,13H2,1-3H3,(H2,24,25,28). The molecule has 1 aliphatic heterocycles. The molecule has 0 spiro atoms. The van der Waals surface area contributed by atoms with Crippen molar-refractivity contribution >= 4 is 18.0 Å². The highest BCUT2D eigenvalue weighted by Crippen LogP contribution is 2.28. The Balaban J connectivity index is 1.90. The average Bonchev–Trinajstić information content (AvgIpc) is 2.78. The van der Waals surface area contributed by atoms with Crippen molar-refractivity contribution in [2.45, 2.75) is 19.9 Å². The van der Waals surface area contributed by atoms with E-state index in [1.54, 1.807) is 49.4 Å². The number of amides is 2. The molecule has 3 rings (SSSR count). The zero-order valence-electron chi connectivity index (χ0n) is 17.6. The minimum Gasteiger partial charge on any atom is -0.496 e. The fourth-order valence-corrected chi connectivity index (χ4v) is 3.25. The number of aryl methyl sites for hydroxylation is 1. The van der Waals surface area contributed by atoms with Gasteiger partial charge in [0.2, 0.25) is 0 Å². The van der Waals surface area contributed by atoms with Crippen molar-refractivity contribution in [1.29, 1.82) is 0 Å². The molecular formula is C23H24N2O6. The minimum absolute atomic E-state index is 0.161. The fourth-order valence-electron chi connectivity index (χ4n) is 3.25. The van der Waals surface area contributed by atoms with Crippen LogP contribution in [0.4, 0.5) is 4.79 Å². The van der Waals surface area contributed by atoms with Crippen molar-refractivity contribution < 1.29 is 28.6 Å². The first-order valence-electron chi connectivity index (χ1n) is 9.79. The van der Waals surface area contributed by atoms with Crippen LogP contribution in [0.5, 0.6) is 5.75 Å². The maximum Gasteiger partial charge on any atom is 0.338 e. The summed E-state index contributed by atoms with van der Waals surface area (Å²) >= 11 is 0. The van der Waals surface area contributed by atoms with Gasteiger partial charge in [0.25, 0.3) is 0 Å². The van der Waals surface area contributed by atoms with Crippen LogP contribution in [0.15, 0.2) is 59.8 Å². The van der Waals surface area contributed by atoms with Gasteiger partial charge in [0.1, 0.15) is 12.4 Å². The van der Waals surface area contributed by atoms with Gasteiger partial charge in [0.15, 0.2) is 0 Å². The van der Waals surface area contributed by atoms with Crippen molar-refractivity contribution in [2.75, 3.05) is 20.3 Å². The van der Waals surface area contributed by atoms with E-state index in [9.17, 15) is 14.4 Å². The zero-order chi connectivity index (χ0) is 22.4. The van der Waals surface area contributed by atoms with Gasteiger partial charge in [-0.15, -0.1) is 0 Å². The highest BCUT2D eigenvalue weighted by Gasteiger charge is 2.34. The first kappa shape index (κ1) is 21.9. The van der Waals surface area contributed by atoms with Crippen LogP contribution in [0.1, 0.15) is 34.5 Å². The molecule has 162 valence electrons. The third kappa shape index (κ3) is 5.03. The number of carbonyl (C=O) groups is 3. The summed E-state index contributed by atoms with van der Waals surface area (Å²) in [4.78, 5) is 37.5. The molecule has 2 amide bonds. The van der Waals surface area contributed by atoms with Crippen LogP contribution >= 0.6 is 0 Å². The molecule has 1 unspecified atom stereocenters. The lowest BCUT2D eigenvalue weighted by atomic mass is 9.95. The molecular weight excluding hydrogens is 400 g/mol. The Hall–Kier alpha value is -3.81. The molecule has 0 aromatic heterocycles.